The monoisotopic (exact) mass is 514 g/mol. The molecule has 1 rings (SSSR count). The van der Waals surface area contributed by atoms with Crippen molar-refractivity contribution in [1.82, 2.24) is 15.5 Å². The summed E-state index contributed by atoms with van der Waals surface area (Å²) < 4.78 is 16.6. The molecule has 0 bridgehead atoms. The normalized spacial score (nSPS) is 16.7. The molecule has 1 atom stereocenters. The number of aliphatic imine (C=N–C) groups is 1. The van der Waals surface area contributed by atoms with Gasteiger partial charge in [-0.1, -0.05) is 27.2 Å². The molecule has 28 heavy (non-hydrogen) atoms. The number of hydrogen-bond acceptors (Lipinski definition) is 5. The van der Waals surface area contributed by atoms with E-state index < -0.39 is 0 Å². The number of nitrogens with one attached hydrogen (secondary N) is 2. The van der Waals surface area contributed by atoms with Crippen molar-refractivity contribution in [2.24, 2.45) is 10.9 Å². The fraction of sp³-hybridized carbons (Fsp3) is 0.950. The molecule has 0 aliphatic carbocycles. The highest BCUT2D eigenvalue weighted by Crippen LogP contribution is 2.12. The molecule has 1 unspecified atom stereocenters. The fourth-order valence-corrected chi connectivity index (χ4v) is 3.09. The van der Waals surface area contributed by atoms with E-state index in [4.69, 9.17) is 14.2 Å². The number of morpholine rings is 1. The number of hydrogen-bond donors (Lipinski definition) is 2. The third-order valence-corrected chi connectivity index (χ3v) is 4.59. The molecule has 0 amide bonds. The zero-order valence-corrected chi connectivity index (χ0v) is 20.7. The summed E-state index contributed by atoms with van der Waals surface area (Å²) in [6.07, 6.45) is 3.46. The summed E-state index contributed by atoms with van der Waals surface area (Å²) in [6, 6.07) is 0.504. The van der Waals surface area contributed by atoms with Crippen LogP contribution in [0.5, 0.6) is 0 Å². The minimum Gasteiger partial charge on any atom is -0.379 e. The summed E-state index contributed by atoms with van der Waals surface area (Å²) in [7, 11) is 1.81. The molecule has 7 nitrogen and oxygen atoms in total. The van der Waals surface area contributed by atoms with E-state index in [1.165, 1.54) is 12.8 Å². The van der Waals surface area contributed by atoms with Crippen molar-refractivity contribution in [1.29, 1.82) is 0 Å². The van der Waals surface area contributed by atoms with Crippen LogP contribution in [0, 0.1) is 5.92 Å². The molecule has 0 saturated carbocycles. The minimum absolute atomic E-state index is 0. The van der Waals surface area contributed by atoms with Gasteiger partial charge in [0.05, 0.1) is 33.0 Å². The largest absolute Gasteiger partial charge is 0.379 e. The van der Waals surface area contributed by atoms with Crippen LogP contribution in [0.1, 0.15) is 40.0 Å². The van der Waals surface area contributed by atoms with Crippen LogP contribution in [0.15, 0.2) is 4.99 Å². The summed E-state index contributed by atoms with van der Waals surface area (Å²) in [6.45, 7) is 14.8. The maximum absolute atomic E-state index is 5.59. The average molecular weight is 514 g/mol. The summed E-state index contributed by atoms with van der Waals surface area (Å²) in [5, 5.41) is 6.80. The van der Waals surface area contributed by atoms with Gasteiger partial charge in [-0.25, -0.2) is 0 Å². The zero-order valence-electron chi connectivity index (χ0n) is 18.4. The molecule has 1 aliphatic rings. The first-order valence-corrected chi connectivity index (χ1v) is 10.6. The predicted octanol–water partition coefficient (Wildman–Crippen LogP) is 2.35. The van der Waals surface area contributed by atoms with Crippen molar-refractivity contribution >= 4 is 29.9 Å². The van der Waals surface area contributed by atoms with Gasteiger partial charge in [-0.2, -0.15) is 0 Å². The zero-order chi connectivity index (χ0) is 19.7. The molecule has 1 aliphatic heterocycles. The van der Waals surface area contributed by atoms with Gasteiger partial charge in [-0.05, 0) is 18.8 Å². The van der Waals surface area contributed by atoms with Crippen molar-refractivity contribution in [3.8, 4) is 0 Å². The molecule has 1 saturated heterocycles. The van der Waals surface area contributed by atoms with E-state index in [1.807, 2.05) is 7.05 Å². The van der Waals surface area contributed by atoms with Gasteiger partial charge in [-0.15, -0.1) is 24.0 Å². The lowest BCUT2D eigenvalue weighted by Crippen LogP contribution is -2.51. The number of rotatable bonds is 14. The van der Waals surface area contributed by atoms with Crippen molar-refractivity contribution in [2.45, 2.75) is 46.1 Å². The van der Waals surface area contributed by atoms with Gasteiger partial charge >= 0.3 is 0 Å². The molecular formula is C20H43IN4O3. The van der Waals surface area contributed by atoms with E-state index in [9.17, 15) is 0 Å². The quantitative estimate of drug-likeness (QED) is 0.161. The smallest absolute Gasteiger partial charge is 0.191 e. The first kappa shape index (κ1) is 27.8. The van der Waals surface area contributed by atoms with E-state index in [1.54, 1.807) is 0 Å². The molecule has 168 valence electrons. The van der Waals surface area contributed by atoms with E-state index >= 15 is 0 Å². The molecule has 8 heteroatoms. The van der Waals surface area contributed by atoms with Gasteiger partial charge < -0.3 is 24.8 Å². The van der Waals surface area contributed by atoms with Crippen LogP contribution < -0.4 is 10.6 Å². The lowest BCUT2D eigenvalue weighted by Gasteiger charge is -2.35. The van der Waals surface area contributed by atoms with E-state index in [0.29, 0.717) is 31.8 Å². The maximum atomic E-state index is 5.59. The third-order valence-electron chi connectivity index (χ3n) is 4.59. The Labute approximate surface area is 189 Å². The van der Waals surface area contributed by atoms with Crippen molar-refractivity contribution in [3.05, 3.63) is 0 Å². The molecule has 0 radical (unpaired) electrons. The number of unbranched alkanes of at least 4 members (excludes halogenated alkanes) is 1. The molecule has 0 aromatic carbocycles. The summed E-state index contributed by atoms with van der Waals surface area (Å²) in [5.74, 6) is 1.50. The number of ether oxygens (including phenoxy) is 3. The highest BCUT2D eigenvalue weighted by atomic mass is 127. The molecular weight excluding hydrogens is 471 g/mol. The van der Waals surface area contributed by atoms with Crippen LogP contribution in [0.4, 0.5) is 0 Å². The number of halogens is 1. The molecule has 1 fully saturated rings. The lowest BCUT2D eigenvalue weighted by molar-refractivity contribution is 0.0132. The Morgan fingerprint density at radius 1 is 1.07 bits per heavy atom. The second-order valence-electron chi connectivity index (χ2n) is 7.39. The van der Waals surface area contributed by atoms with Gasteiger partial charge in [-0.3, -0.25) is 9.89 Å². The second-order valence-corrected chi connectivity index (χ2v) is 7.39. The molecule has 0 aromatic heterocycles. The highest BCUT2D eigenvalue weighted by molar-refractivity contribution is 14.0. The summed E-state index contributed by atoms with van der Waals surface area (Å²) in [5.41, 5.74) is 0. The fourth-order valence-electron chi connectivity index (χ4n) is 3.09. The number of nitrogens with zero attached hydrogens (tertiary/aromatic N) is 2. The SMILES string of the molecule is CCCCOCCOCCNC(=NC)NCC(CC(C)C)N1CCOCC1.I. The molecule has 1 heterocycles. The van der Waals surface area contributed by atoms with Crippen molar-refractivity contribution < 1.29 is 14.2 Å². The van der Waals surface area contributed by atoms with Crippen LogP contribution in [0.2, 0.25) is 0 Å². The van der Waals surface area contributed by atoms with Gasteiger partial charge in [0.15, 0.2) is 5.96 Å². The van der Waals surface area contributed by atoms with Crippen molar-refractivity contribution in [3.63, 3.8) is 0 Å². The van der Waals surface area contributed by atoms with E-state index in [-0.39, 0.29) is 24.0 Å². The van der Waals surface area contributed by atoms with Crippen LogP contribution in [0.3, 0.4) is 0 Å². The Hall–Kier alpha value is -0.160. The first-order chi connectivity index (χ1) is 13.2. The molecule has 0 aromatic rings. The van der Waals surface area contributed by atoms with E-state index in [2.05, 4.69) is 41.3 Å². The average Bonchev–Trinajstić information content (AvgIpc) is 2.68. The Kier molecular flexibility index (Phi) is 18.7. The van der Waals surface area contributed by atoms with Crippen molar-refractivity contribution in [2.75, 3.05) is 72.9 Å². The highest BCUT2D eigenvalue weighted by Gasteiger charge is 2.22. The van der Waals surface area contributed by atoms with Crippen LogP contribution in [-0.2, 0) is 14.2 Å². The molecule has 0 spiro atoms. The Balaban J connectivity index is 0.00000729. The molecule has 2 N–H and O–H groups in total. The number of guanidine groups is 1. The first-order valence-electron chi connectivity index (χ1n) is 10.6. The van der Waals surface area contributed by atoms with Crippen LogP contribution >= 0.6 is 24.0 Å². The van der Waals surface area contributed by atoms with Gasteiger partial charge in [0.1, 0.15) is 0 Å². The van der Waals surface area contributed by atoms with Gasteiger partial charge in [0.25, 0.3) is 0 Å². The standard InChI is InChI=1S/C20H42N4O3.HI/c1-5-6-10-25-14-15-26-11-7-22-20(21-4)23-17-19(16-18(2)3)24-8-12-27-13-9-24;/h18-19H,5-17H2,1-4H3,(H2,21,22,23);1H. The third kappa shape index (κ3) is 13.9. The Morgan fingerprint density at radius 3 is 2.36 bits per heavy atom. The topological polar surface area (TPSA) is 67.4 Å². The summed E-state index contributed by atoms with van der Waals surface area (Å²) >= 11 is 0. The maximum Gasteiger partial charge on any atom is 0.191 e. The Morgan fingerprint density at radius 2 is 1.75 bits per heavy atom. The lowest BCUT2D eigenvalue weighted by atomic mass is 10.0. The minimum atomic E-state index is 0. The summed E-state index contributed by atoms with van der Waals surface area (Å²) in [4.78, 5) is 6.86. The van der Waals surface area contributed by atoms with E-state index in [0.717, 1.165) is 58.4 Å². The second kappa shape index (κ2) is 18.8. The predicted molar refractivity (Wildman–Crippen MR) is 127 cm³/mol. The van der Waals surface area contributed by atoms with Crippen LogP contribution in [0.25, 0.3) is 0 Å². The van der Waals surface area contributed by atoms with Gasteiger partial charge in [0.2, 0.25) is 0 Å². The Bertz CT molecular complexity index is 380. The van der Waals surface area contributed by atoms with Crippen LogP contribution in [-0.4, -0.2) is 89.8 Å². The van der Waals surface area contributed by atoms with Gasteiger partial charge in [0, 0.05) is 45.9 Å².